The Morgan fingerprint density at radius 2 is 1.62 bits per heavy atom. The van der Waals surface area contributed by atoms with Gasteiger partial charge in [-0.15, -0.1) is 0 Å². The Hall–Kier alpha value is -3.62. The molecule has 3 aliphatic rings. The van der Waals surface area contributed by atoms with Gasteiger partial charge in [-0.2, -0.15) is 0 Å². The third-order valence-electron chi connectivity index (χ3n) is 7.36. The Labute approximate surface area is 235 Å². The molecule has 0 saturated carbocycles. The van der Waals surface area contributed by atoms with Gasteiger partial charge in [0, 0.05) is 40.0 Å². The number of allylic oxidation sites excluding steroid dienone is 1. The first kappa shape index (κ1) is 27.0. The van der Waals surface area contributed by atoms with Crippen molar-refractivity contribution >= 4 is 58.2 Å². The smallest absolute Gasteiger partial charge is 0.339 e. The molecule has 0 N–H and O–H groups in total. The lowest BCUT2D eigenvalue weighted by Gasteiger charge is -2.48. The van der Waals surface area contributed by atoms with E-state index < -0.39 is 23.4 Å². The van der Waals surface area contributed by atoms with Gasteiger partial charge >= 0.3 is 11.9 Å². The standard InChI is InChI=1S/C29H26Cl2N2O6/c1-4-14-32-20-13-10-17(31)15-19(20)29(28(32)37)25(27(36)39-3)24(26(35)38-2)23-21(6-5-7-22(23)34)33(29)18-11-8-16(30)9-12-18/h8-13,15H,4-7,14H2,1-3H3. The Kier molecular flexibility index (Phi) is 7.03. The molecule has 8 nitrogen and oxygen atoms in total. The fourth-order valence-corrected chi connectivity index (χ4v) is 6.21. The monoisotopic (exact) mass is 568 g/mol. The van der Waals surface area contributed by atoms with Crippen LogP contribution >= 0.6 is 23.2 Å². The maximum atomic E-state index is 14.8. The van der Waals surface area contributed by atoms with Crippen LogP contribution in [-0.2, 0) is 34.2 Å². The van der Waals surface area contributed by atoms with Gasteiger partial charge in [-0.1, -0.05) is 30.1 Å². The van der Waals surface area contributed by atoms with Gasteiger partial charge in [0.1, 0.15) is 0 Å². The van der Waals surface area contributed by atoms with Crippen molar-refractivity contribution in [3.8, 4) is 0 Å². The Morgan fingerprint density at radius 3 is 2.26 bits per heavy atom. The highest BCUT2D eigenvalue weighted by Crippen LogP contribution is 2.57. The lowest BCUT2D eigenvalue weighted by atomic mass is 9.71. The van der Waals surface area contributed by atoms with Gasteiger partial charge in [0.05, 0.1) is 36.6 Å². The van der Waals surface area contributed by atoms with Crippen LogP contribution < -0.4 is 9.80 Å². The van der Waals surface area contributed by atoms with Crippen molar-refractivity contribution in [2.75, 3.05) is 30.6 Å². The second kappa shape index (κ2) is 10.2. The molecule has 2 aliphatic heterocycles. The Morgan fingerprint density at radius 1 is 0.949 bits per heavy atom. The molecule has 2 aromatic carbocycles. The predicted octanol–water partition coefficient (Wildman–Crippen LogP) is 5.12. The van der Waals surface area contributed by atoms with Crippen molar-refractivity contribution in [2.45, 2.75) is 38.1 Å². The number of carbonyl (C=O) groups is 4. The van der Waals surface area contributed by atoms with E-state index >= 15 is 0 Å². The second-order valence-electron chi connectivity index (χ2n) is 9.47. The first-order valence-electron chi connectivity index (χ1n) is 12.6. The molecule has 0 fully saturated rings. The molecule has 2 aromatic rings. The van der Waals surface area contributed by atoms with Gasteiger partial charge < -0.3 is 19.3 Å². The number of ether oxygens (including phenoxy) is 2. The number of anilines is 2. The fourth-order valence-electron chi connectivity index (χ4n) is 5.91. The van der Waals surface area contributed by atoms with Crippen molar-refractivity contribution in [1.29, 1.82) is 0 Å². The summed E-state index contributed by atoms with van der Waals surface area (Å²) in [6, 6.07) is 11.8. The summed E-state index contributed by atoms with van der Waals surface area (Å²) in [6.07, 6.45) is 1.67. The summed E-state index contributed by atoms with van der Waals surface area (Å²) in [4.78, 5) is 58.9. The third-order valence-corrected chi connectivity index (χ3v) is 7.84. The minimum Gasteiger partial charge on any atom is -0.466 e. The molecule has 1 aliphatic carbocycles. The van der Waals surface area contributed by atoms with Crippen LogP contribution in [0.5, 0.6) is 0 Å². The van der Waals surface area contributed by atoms with Crippen molar-refractivity contribution in [3.05, 3.63) is 80.5 Å². The van der Waals surface area contributed by atoms with Gasteiger partial charge in [0.15, 0.2) is 11.3 Å². The number of halogens is 2. The Bertz CT molecular complexity index is 1480. The molecule has 0 saturated heterocycles. The molecular weight excluding hydrogens is 543 g/mol. The molecule has 1 atom stereocenters. The number of Topliss-reactive ketones (excluding diaryl/α,β-unsaturated/α-hetero) is 1. The Balaban J connectivity index is 2.02. The lowest BCUT2D eigenvalue weighted by molar-refractivity contribution is -0.141. The number of ketones is 1. The molecule has 1 spiro atoms. The van der Waals surface area contributed by atoms with Crippen LogP contribution in [0.25, 0.3) is 0 Å². The maximum absolute atomic E-state index is 14.8. The summed E-state index contributed by atoms with van der Waals surface area (Å²) in [6.45, 7) is 2.28. The number of esters is 2. The minimum absolute atomic E-state index is 0.0550. The van der Waals surface area contributed by atoms with E-state index in [0.717, 1.165) is 0 Å². The average Bonchev–Trinajstić information content (AvgIpc) is 3.15. The fraction of sp³-hybridized carbons (Fsp3) is 0.310. The number of nitrogens with zero attached hydrogens (tertiary/aromatic N) is 2. The quantitative estimate of drug-likeness (QED) is 0.462. The van der Waals surface area contributed by atoms with Gasteiger partial charge in [0.25, 0.3) is 5.91 Å². The molecule has 5 rings (SSSR count). The van der Waals surface area contributed by atoms with Crippen LogP contribution in [0.3, 0.4) is 0 Å². The van der Waals surface area contributed by atoms with E-state index in [2.05, 4.69) is 0 Å². The predicted molar refractivity (Wildman–Crippen MR) is 147 cm³/mol. The lowest BCUT2D eigenvalue weighted by Crippen LogP contribution is -2.59. The second-order valence-corrected chi connectivity index (χ2v) is 10.3. The number of methoxy groups -OCH3 is 2. The van der Waals surface area contributed by atoms with Crippen LogP contribution in [-0.4, -0.2) is 44.4 Å². The summed E-state index contributed by atoms with van der Waals surface area (Å²) in [5.74, 6) is -2.63. The van der Waals surface area contributed by atoms with Gasteiger partial charge in [-0.3, -0.25) is 9.59 Å². The summed E-state index contributed by atoms with van der Waals surface area (Å²) < 4.78 is 10.3. The third kappa shape index (κ3) is 3.88. The number of rotatable bonds is 5. The molecular formula is C29H26Cl2N2O6. The van der Waals surface area contributed by atoms with Crippen molar-refractivity contribution in [1.82, 2.24) is 0 Å². The summed E-state index contributed by atoms with van der Waals surface area (Å²) >= 11 is 12.7. The highest BCUT2D eigenvalue weighted by molar-refractivity contribution is 6.32. The minimum atomic E-state index is -1.91. The maximum Gasteiger partial charge on any atom is 0.339 e. The van der Waals surface area contributed by atoms with Gasteiger partial charge in [-0.25, -0.2) is 9.59 Å². The SMILES string of the molecule is CCCN1C(=O)C2(C(C(=O)OC)=C(C(=O)OC)C3=C(CCCC3=O)N2c2ccc(Cl)cc2)c2cc(Cl)ccc21. The van der Waals surface area contributed by atoms with E-state index in [1.807, 2.05) is 6.92 Å². The largest absolute Gasteiger partial charge is 0.466 e. The van der Waals surface area contributed by atoms with E-state index in [1.165, 1.54) is 14.2 Å². The van der Waals surface area contributed by atoms with Crippen LogP contribution in [0, 0.1) is 0 Å². The van der Waals surface area contributed by atoms with Crippen LogP contribution in [0.2, 0.25) is 10.0 Å². The molecule has 0 bridgehead atoms. The van der Waals surface area contributed by atoms with Crippen LogP contribution in [0.1, 0.15) is 38.2 Å². The van der Waals surface area contributed by atoms with E-state index in [4.69, 9.17) is 32.7 Å². The molecule has 202 valence electrons. The van der Waals surface area contributed by atoms with E-state index in [0.29, 0.717) is 58.5 Å². The number of carbonyl (C=O) groups excluding carboxylic acids is 4. The van der Waals surface area contributed by atoms with E-state index in [9.17, 15) is 19.2 Å². The molecule has 2 heterocycles. The number of amides is 1. The molecule has 1 amide bonds. The van der Waals surface area contributed by atoms with Gasteiger partial charge in [0.2, 0.25) is 0 Å². The molecule has 39 heavy (non-hydrogen) atoms. The zero-order chi connectivity index (χ0) is 28.1. The van der Waals surface area contributed by atoms with Gasteiger partial charge in [-0.05, 0) is 61.7 Å². The van der Waals surface area contributed by atoms with Crippen LogP contribution in [0.15, 0.2) is 64.9 Å². The first-order chi connectivity index (χ1) is 18.7. The molecule has 1 unspecified atom stereocenters. The van der Waals surface area contributed by atoms with Crippen molar-refractivity contribution in [2.24, 2.45) is 0 Å². The highest BCUT2D eigenvalue weighted by Gasteiger charge is 2.64. The van der Waals surface area contributed by atoms with E-state index in [1.54, 1.807) is 52.3 Å². The topological polar surface area (TPSA) is 93.2 Å². The normalized spacial score (nSPS) is 20.4. The van der Waals surface area contributed by atoms with Crippen molar-refractivity contribution < 1.29 is 28.7 Å². The number of fused-ring (bicyclic) bond motifs is 2. The molecule has 0 aromatic heterocycles. The first-order valence-corrected chi connectivity index (χ1v) is 13.3. The zero-order valence-corrected chi connectivity index (χ0v) is 23.2. The average molecular weight is 569 g/mol. The summed E-state index contributed by atoms with van der Waals surface area (Å²) in [7, 11) is 2.33. The van der Waals surface area contributed by atoms with E-state index in [-0.39, 0.29) is 28.9 Å². The zero-order valence-electron chi connectivity index (χ0n) is 21.7. The summed E-state index contributed by atoms with van der Waals surface area (Å²) in [5.41, 5.74) is -0.504. The van der Waals surface area contributed by atoms with Crippen LogP contribution in [0.4, 0.5) is 11.4 Å². The number of hydrogen-bond donors (Lipinski definition) is 0. The molecule has 10 heteroatoms. The van der Waals surface area contributed by atoms with Crippen molar-refractivity contribution in [3.63, 3.8) is 0 Å². The number of benzene rings is 2. The highest BCUT2D eigenvalue weighted by atomic mass is 35.5. The summed E-state index contributed by atoms with van der Waals surface area (Å²) in [5, 5.41) is 0.796. The number of hydrogen-bond acceptors (Lipinski definition) is 7. The molecule has 0 radical (unpaired) electrons.